The lowest BCUT2D eigenvalue weighted by atomic mass is 10.2. The van der Waals surface area contributed by atoms with Crippen LogP contribution in [-0.2, 0) is 13.6 Å². The Morgan fingerprint density at radius 1 is 1.45 bits per heavy atom. The van der Waals surface area contributed by atoms with E-state index in [1.165, 1.54) is 11.0 Å². The first-order valence-corrected chi connectivity index (χ1v) is 7.17. The summed E-state index contributed by atoms with van der Waals surface area (Å²) in [7, 11) is 1.67. The monoisotopic (exact) mass is 308 g/mol. The molecule has 0 bridgehead atoms. The van der Waals surface area contributed by atoms with Crippen LogP contribution in [0.15, 0.2) is 24.8 Å². The number of rotatable bonds is 5. The van der Waals surface area contributed by atoms with E-state index in [-0.39, 0.29) is 11.7 Å². The van der Waals surface area contributed by atoms with Gasteiger partial charge in [-0.1, -0.05) is 0 Å². The number of aromatic nitrogens is 4. The van der Waals surface area contributed by atoms with Crippen LogP contribution in [0.3, 0.4) is 0 Å². The summed E-state index contributed by atoms with van der Waals surface area (Å²) < 4.78 is 27.4. The van der Waals surface area contributed by atoms with Crippen molar-refractivity contribution in [2.75, 3.05) is 18.4 Å². The third-order valence-electron chi connectivity index (χ3n) is 3.74. The molecule has 22 heavy (non-hydrogen) atoms. The van der Waals surface area contributed by atoms with Gasteiger partial charge in [0, 0.05) is 50.7 Å². The van der Waals surface area contributed by atoms with Crippen molar-refractivity contribution in [3.05, 3.63) is 36.0 Å². The molecule has 0 radical (unpaired) electrons. The van der Waals surface area contributed by atoms with Gasteiger partial charge in [0.15, 0.2) is 0 Å². The molecule has 1 unspecified atom stereocenters. The minimum absolute atomic E-state index is 0.116. The van der Waals surface area contributed by atoms with Crippen molar-refractivity contribution in [3.8, 4) is 0 Å². The van der Waals surface area contributed by atoms with Gasteiger partial charge in [-0.25, -0.2) is 18.7 Å². The second-order valence-electron chi connectivity index (χ2n) is 5.47. The van der Waals surface area contributed by atoms with Gasteiger partial charge < -0.3 is 5.32 Å². The molecule has 1 aliphatic rings. The van der Waals surface area contributed by atoms with Gasteiger partial charge in [0.05, 0.1) is 0 Å². The van der Waals surface area contributed by atoms with Crippen LogP contribution < -0.4 is 5.32 Å². The molecule has 0 aliphatic carbocycles. The molecule has 6 nitrogen and oxygen atoms in total. The van der Waals surface area contributed by atoms with Gasteiger partial charge in [0.25, 0.3) is 6.43 Å². The minimum Gasteiger partial charge on any atom is -0.366 e. The van der Waals surface area contributed by atoms with Crippen molar-refractivity contribution in [3.63, 3.8) is 0 Å². The molecule has 0 saturated carbocycles. The van der Waals surface area contributed by atoms with Crippen LogP contribution in [0, 0.1) is 0 Å². The van der Waals surface area contributed by atoms with Crippen LogP contribution in [-0.4, -0.2) is 43.8 Å². The van der Waals surface area contributed by atoms with Gasteiger partial charge in [-0.15, -0.1) is 0 Å². The number of likely N-dealkylation sites (tertiary alicyclic amines) is 1. The van der Waals surface area contributed by atoms with Gasteiger partial charge >= 0.3 is 0 Å². The lowest BCUT2D eigenvalue weighted by molar-refractivity contribution is 0.143. The molecule has 2 aromatic heterocycles. The van der Waals surface area contributed by atoms with Crippen molar-refractivity contribution in [2.45, 2.75) is 25.4 Å². The van der Waals surface area contributed by atoms with Crippen molar-refractivity contribution < 1.29 is 8.78 Å². The van der Waals surface area contributed by atoms with Crippen LogP contribution >= 0.6 is 0 Å². The third kappa shape index (κ3) is 3.38. The molecule has 118 valence electrons. The first-order valence-electron chi connectivity index (χ1n) is 7.17. The maximum atomic E-state index is 13.0. The summed E-state index contributed by atoms with van der Waals surface area (Å²) >= 11 is 0. The van der Waals surface area contributed by atoms with Crippen LogP contribution in [0.25, 0.3) is 0 Å². The Hall–Kier alpha value is -2.09. The highest BCUT2D eigenvalue weighted by molar-refractivity contribution is 5.33. The molecule has 0 spiro atoms. The average molecular weight is 308 g/mol. The molecule has 1 N–H and O–H groups in total. The summed E-state index contributed by atoms with van der Waals surface area (Å²) in [6.07, 6.45) is 3.28. The number of anilines is 1. The van der Waals surface area contributed by atoms with Crippen LogP contribution in [0.5, 0.6) is 0 Å². The molecule has 1 atom stereocenters. The lowest BCUT2D eigenvalue weighted by Gasteiger charge is -2.16. The predicted octanol–water partition coefficient (Wildman–Crippen LogP) is 1.83. The molecular formula is C14H18F2N6. The normalized spacial score (nSPS) is 19.0. The number of halogens is 2. The number of alkyl halides is 2. The molecule has 1 saturated heterocycles. The van der Waals surface area contributed by atoms with Crippen molar-refractivity contribution in [1.29, 1.82) is 0 Å². The van der Waals surface area contributed by atoms with Crippen molar-refractivity contribution in [1.82, 2.24) is 24.6 Å². The van der Waals surface area contributed by atoms with Crippen molar-refractivity contribution >= 4 is 5.82 Å². The first kappa shape index (κ1) is 14.8. The highest BCUT2D eigenvalue weighted by Crippen LogP contribution is 2.24. The number of hydrogen-bond donors (Lipinski definition) is 1. The fourth-order valence-corrected chi connectivity index (χ4v) is 2.78. The highest BCUT2D eigenvalue weighted by atomic mass is 19.3. The van der Waals surface area contributed by atoms with E-state index in [0.717, 1.165) is 25.3 Å². The highest BCUT2D eigenvalue weighted by Gasteiger charge is 2.25. The smallest absolute Gasteiger partial charge is 0.282 e. The van der Waals surface area contributed by atoms with Crippen LogP contribution in [0.2, 0.25) is 0 Å². The number of nitrogens with zero attached hydrogens (tertiary/aromatic N) is 5. The molecule has 3 heterocycles. The van der Waals surface area contributed by atoms with Gasteiger partial charge in [0.1, 0.15) is 17.8 Å². The predicted molar refractivity (Wildman–Crippen MR) is 77.5 cm³/mol. The molecule has 8 heteroatoms. The Balaban J connectivity index is 1.59. The summed E-state index contributed by atoms with van der Waals surface area (Å²) in [6.45, 7) is 2.15. The Labute approximate surface area is 127 Å². The van der Waals surface area contributed by atoms with E-state index in [4.69, 9.17) is 0 Å². The minimum atomic E-state index is -2.53. The van der Waals surface area contributed by atoms with E-state index in [9.17, 15) is 8.78 Å². The zero-order chi connectivity index (χ0) is 15.5. The van der Waals surface area contributed by atoms with Gasteiger partial charge in [0.2, 0.25) is 0 Å². The Kier molecular flexibility index (Phi) is 4.28. The van der Waals surface area contributed by atoms with Crippen molar-refractivity contribution in [2.24, 2.45) is 7.05 Å². The molecule has 0 amide bonds. The maximum absolute atomic E-state index is 13.0. The second kappa shape index (κ2) is 6.35. The maximum Gasteiger partial charge on any atom is 0.282 e. The first-order chi connectivity index (χ1) is 10.6. The fourth-order valence-electron chi connectivity index (χ4n) is 2.78. The largest absolute Gasteiger partial charge is 0.366 e. The number of nitrogens with one attached hydrogen (secondary N) is 1. The average Bonchev–Trinajstić information content (AvgIpc) is 3.07. The molecule has 3 rings (SSSR count). The summed E-state index contributed by atoms with van der Waals surface area (Å²) in [5.41, 5.74) is 0.481. The Bertz CT molecular complexity index is 615. The Morgan fingerprint density at radius 2 is 2.32 bits per heavy atom. The number of hydrogen-bond acceptors (Lipinski definition) is 5. The standard InChI is InChI=1S/C14H18F2N6/c1-21-6-10(13(20-21)14(15)16)7-22-5-3-11(8-22)19-12-2-4-17-9-18-12/h2,4,6,9,11,14H,3,5,7-8H2,1H3,(H,17,18,19). The number of aryl methyl sites for hydroxylation is 1. The van der Waals surface area contributed by atoms with Crippen LogP contribution in [0.4, 0.5) is 14.6 Å². The van der Waals surface area contributed by atoms with Gasteiger partial charge in [-0.3, -0.25) is 9.58 Å². The fraction of sp³-hybridized carbons (Fsp3) is 0.500. The van der Waals surface area contributed by atoms with Crippen LogP contribution in [0.1, 0.15) is 24.1 Å². The van der Waals surface area contributed by atoms with E-state index < -0.39 is 6.43 Å². The topological polar surface area (TPSA) is 58.9 Å². The Morgan fingerprint density at radius 3 is 3.05 bits per heavy atom. The second-order valence-corrected chi connectivity index (χ2v) is 5.47. The zero-order valence-corrected chi connectivity index (χ0v) is 12.3. The SMILES string of the molecule is Cn1cc(CN2CCC(Nc3ccncn3)C2)c(C(F)F)n1. The zero-order valence-electron chi connectivity index (χ0n) is 12.3. The third-order valence-corrected chi connectivity index (χ3v) is 3.74. The van der Waals surface area contributed by atoms with E-state index >= 15 is 0 Å². The van der Waals surface area contributed by atoms with Gasteiger partial charge in [-0.2, -0.15) is 5.10 Å². The summed E-state index contributed by atoms with van der Waals surface area (Å²) in [5.74, 6) is 0.788. The molecule has 1 fully saturated rings. The molecule has 2 aromatic rings. The van der Waals surface area contributed by atoms with E-state index in [2.05, 4.69) is 25.3 Å². The van der Waals surface area contributed by atoms with E-state index in [1.54, 1.807) is 19.4 Å². The summed E-state index contributed by atoms with van der Waals surface area (Å²) in [5, 5.41) is 7.18. The van der Waals surface area contributed by atoms with E-state index in [0.29, 0.717) is 12.1 Å². The van der Waals surface area contributed by atoms with E-state index in [1.807, 2.05) is 6.07 Å². The summed E-state index contributed by atoms with van der Waals surface area (Å²) in [4.78, 5) is 10.2. The molecule has 1 aliphatic heterocycles. The quantitative estimate of drug-likeness (QED) is 0.913. The van der Waals surface area contributed by atoms with Gasteiger partial charge in [-0.05, 0) is 12.5 Å². The molecule has 0 aromatic carbocycles. The lowest BCUT2D eigenvalue weighted by Crippen LogP contribution is -2.26. The molecular weight excluding hydrogens is 290 g/mol. The summed E-state index contributed by atoms with van der Waals surface area (Å²) in [6, 6.07) is 2.08.